The summed E-state index contributed by atoms with van der Waals surface area (Å²) < 4.78 is 1.13. The van der Waals surface area contributed by atoms with Crippen molar-refractivity contribution in [1.29, 1.82) is 0 Å². The van der Waals surface area contributed by atoms with E-state index in [1.54, 1.807) is 11.3 Å². The molecule has 86 valence electrons. The molecule has 0 saturated heterocycles. The number of H-pyrrole nitrogens is 1. The molecule has 3 nitrogen and oxygen atoms in total. The Hall–Kier alpha value is -1.29. The van der Waals surface area contributed by atoms with Crippen molar-refractivity contribution in [3.63, 3.8) is 0 Å². The van der Waals surface area contributed by atoms with Gasteiger partial charge in [0.1, 0.15) is 5.69 Å². The predicted octanol–water partition coefficient (Wildman–Crippen LogP) is 3.01. The van der Waals surface area contributed by atoms with E-state index in [4.69, 9.17) is 0 Å². The van der Waals surface area contributed by atoms with E-state index >= 15 is 0 Å². The fourth-order valence-corrected chi connectivity index (χ4v) is 2.32. The molecular formula is C12H16N2OS. The highest BCUT2D eigenvalue weighted by Crippen LogP contribution is 2.21. The summed E-state index contributed by atoms with van der Waals surface area (Å²) in [5, 5.41) is 4.93. The van der Waals surface area contributed by atoms with Crippen molar-refractivity contribution in [3.05, 3.63) is 23.2 Å². The summed E-state index contributed by atoms with van der Waals surface area (Å²) in [6.07, 6.45) is 1.01. The van der Waals surface area contributed by atoms with E-state index < -0.39 is 0 Å². The van der Waals surface area contributed by atoms with Gasteiger partial charge >= 0.3 is 0 Å². The van der Waals surface area contributed by atoms with Gasteiger partial charge in [0.25, 0.3) is 5.91 Å². The topological polar surface area (TPSA) is 44.9 Å². The van der Waals surface area contributed by atoms with Gasteiger partial charge < -0.3 is 10.3 Å². The molecule has 2 rings (SSSR count). The fourth-order valence-electron chi connectivity index (χ4n) is 1.54. The molecule has 2 aromatic heterocycles. The number of thiophene rings is 1. The Morgan fingerprint density at radius 1 is 1.56 bits per heavy atom. The van der Waals surface area contributed by atoms with E-state index in [2.05, 4.69) is 24.1 Å². The Morgan fingerprint density at radius 3 is 3.06 bits per heavy atom. The molecule has 0 aliphatic carbocycles. The third kappa shape index (κ3) is 2.44. The van der Waals surface area contributed by atoms with Crippen molar-refractivity contribution in [3.8, 4) is 0 Å². The van der Waals surface area contributed by atoms with Crippen LogP contribution in [-0.4, -0.2) is 17.4 Å². The van der Waals surface area contributed by atoms with Gasteiger partial charge in [-0.25, -0.2) is 0 Å². The Balaban J connectivity index is 1.97. The lowest BCUT2D eigenvalue weighted by molar-refractivity contribution is 0.0948. The molecule has 0 bridgehead atoms. The van der Waals surface area contributed by atoms with Crippen LogP contribution in [0.15, 0.2) is 17.5 Å². The number of aromatic amines is 1. The van der Waals surface area contributed by atoms with Gasteiger partial charge in [0.15, 0.2) is 0 Å². The summed E-state index contributed by atoms with van der Waals surface area (Å²) >= 11 is 1.64. The van der Waals surface area contributed by atoms with Gasteiger partial charge in [0.05, 0.1) is 10.2 Å². The highest BCUT2D eigenvalue weighted by atomic mass is 32.1. The van der Waals surface area contributed by atoms with Gasteiger partial charge in [-0.05, 0) is 29.9 Å². The highest BCUT2D eigenvalue weighted by molar-refractivity contribution is 7.17. The highest BCUT2D eigenvalue weighted by Gasteiger charge is 2.09. The first kappa shape index (κ1) is 11.2. The summed E-state index contributed by atoms with van der Waals surface area (Å²) in [5.74, 6) is 0.608. The lowest BCUT2D eigenvalue weighted by Crippen LogP contribution is -2.25. The second kappa shape index (κ2) is 4.70. The van der Waals surface area contributed by atoms with Crippen molar-refractivity contribution < 1.29 is 4.79 Å². The molecule has 2 aromatic rings. The molecule has 0 radical (unpaired) electrons. The molecule has 0 aliphatic rings. The monoisotopic (exact) mass is 236 g/mol. The number of amides is 1. The molecule has 0 atom stereocenters. The minimum absolute atomic E-state index is 0.0101. The van der Waals surface area contributed by atoms with Crippen molar-refractivity contribution in [2.24, 2.45) is 5.92 Å². The third-order valence-electron chi connectivity index (χ3n) is 2.49. The Labute approximate surface area is 98.9 Å². The average Bonchev–Trinajstić information content (AvgIpc) is 2.75. The molecule has 0 spiro atoms. The zero-order chi connectivity index (χ0) is 11.5. The molecule has 16 heavy (non-hydrogen) atoms. The van der Waals surface area contributed by atoms with E-state index in [0.717, 1.165) is 23.2 Å². The SMILES string of the molecule is CC(C)CCNC(=O)c1cc2sccc2[nH]1. The zero-order valence-electron chi connectivity index (χ0n) is 9.54. The summed E-state index contributed by atoms with van der Waals surface area (Å²) in [7, 11) is 0. The number of hydrogen-bond acceptors (Lipinski definition) is 2. The molecule has 2 heterocycles. The Kier molecular flexibility index (Phi) is 3.29. The minimum atomic E-state index is -0.0101. The molecule has 0 aliphatic heterocycles. The second-order valence-corrected chi connectivity index (χ2v) is 5.27. The van der Waals surface area contributed by atoms with Gasteiger partial charge in [-0.2, -0.15) is 0 Å². The minimum Gasteiger partial charge on any atom is -0.351 e. The van der Waals surface area contributed by atoms with E-state index in [9.17, 15) is 4.79 Å². The van der Waals surface area contributed by atoms with Crippen molar-refractivity contribution in [2.75, 3.05) is 6.54 Å². The molecule has 4 heteroatoms. The molecule has 2 N–H and O–H groups in total. The van der Waals surface area contributed by atoms with Crippen molar-refractivity contribution in [2.45, 2.75) is 20.3 Å². The van der Waals surface area contributed by atoms with Crippen LogP contribution in [-0.2, 0) is 0 Å². The van der Waals surface area contributed by atoms with Gasteiger partial charge in [-0.1, -0.05) is 13.8 Å². The number of carbonyl (C=O) groups excluding carboxylic acids is 1. The lowest BCUT2D eigenvalue weighted by atomic mass is 10.1. The Bertz CT molecular complexity index is 455. The number of aromatic nitrogens is 1. The van der Waals surface area contributed by atoms with Crippen LogP contribution in [0.25, 0.3) is 10.2 Å². The maximum absolute atomic E-state index is 11.8. The summed E-state index contributed by atoms with van der Waals surface area (Å²) in [6, 6.07) is 3.90. The van der Waals surface area contributed by atoms with Crippen LogP contribution in [0.1, 0.15) is 30.8 Å². The second-order valence-electron chi connectivity index (χ2n) is 4.32. The summed E-state index contributed by atoms with van der Waals surface area (Å²) in [6.45, 7) is 5.04. The summed E-state index contributed by atoms with van der Waals surface area (Å²) in [4.78, 5) is 14.9. The van der Waals surface area contributed by atoms with Crippen LogP contribution < -0.4 is 5.32 Å². The first-order valence-electron chi connectivity index (χ1n) is 5.51. The number of fused-ring (bicyclic) bond motifs is 1. The fraction of sp³-hybridized carbons (Fsp3) is 0.417. The predicted molar refractivity (Wildman–Crippen MR) is 68.0 cm³/mol. The molecule has 0 fully saturated rings. The number of carbonyl (C=O) groups is 1. The van der Waals surface area contributed by atoms with Gasteiger partial charge in [0, 0.05) is 6.54 Å². The van der Waals surface area contributed by atoms with Crippen LogP contribution in [0.4, 0.5) is 0 Å². The van der Waals surface area contributed by atoms with Gasteiger partial charge in [-0.3, -0.25) is 4.79 Å². The van der Waals surface area contributed by atoms with E-state index in [1.165, 1.54) is 0 Å². The standard InChI is InChI=1S/C12H16N2OS/c1-8(2)3-5-13-12(15)10-7-11-9(14-10)4-6-16-11/h4,6-8,14H,3,5H2,1-2H3,(H,13,15). The molecule has 0 unspecified atom stereocenters. The molecular weight excluding hydrogens is 220 g/mol. The largest absolute Gasteiger partial charge is 0.351 e. The van der Waals surface area contributed by atoms with Gasteiger partial charge in [-0.15, -0.1) is 11.3 Å². The maximum Gasteiger partial charge on any atom is 0.267 e. The average molecular weight is 236 g/mol. The van der Waals surface area contributed by atoms with Crippen LogP contribution >= 0.6 is 11.3 Å². The third-order valence-corrected chi connectivity index (χ3v) is 3.36. The first-order valence-corrected chi connectivity index (χ1v) is 6.39. The van der Waals surface area contributed by atoms with E-state index in [1.807, 2.05) is 17.5 Å². The molecule has 0 saturated carbocycles. The normalized spacial score (nSPS) is 11.2. The number of nitrogens with one attached hydrogen (secondary N) is 2. The Morgan fingerprint density at radius 2 is 2.38 bits per heavy atom. The quantitative estimate of drug-likeness (QED) is 0.842. The van der Waals surface area contributed by atoms with Crippen LogP contribution in [0.3, 0.4) is 0 Å². The van der Waals surface area contributed by atoms with Crippen molar-refractivity contribution in [1.82, 2.24) is 10.3 Å². The molecule has 0 aromatic carbocycles. The number of rotatable bonds is 4. The lowest BCUT2D eigenvalue weighted by Gasteiger charge is -2.05. The van der Waals surface area contributed by atoms with Crippen LogP contribution in [0.2, 0.25) is 0 Å². The first-order chi connectivity index (χ1) is 7.66. The van der Waals surface area contributed by atoms with E-state index in [0.29, 0.717) is 11.6 Å². The maximum atomic E-state index is 11.8. The van der Waals surface area contributed by atoms with E-state index in [-0.39, 0.29) is 5.91 Å². The van der Waals surface area contributed by atoms with Crippen molar-refractivity contribution >= 4 is 27.5 Å². The summed E-state index contributed by atoms with van der Waals surface area (Å²) in [5.41, 5.74) is 1.70. The van der Waals surface area contributed by atoms with Crippen LogP contribution in [0, 0.1) is 5.92 Å². The van der Waals surface area contributed by atoms with Crippen LogP contribution in [0.5, 0.6) is 0 Å². The smallest absolute Gasteiger partial charge is 0.267 e. The molecule has 1 amide bonds. The van der Waals surface area contributed by atoms with Gasteiger partial charge in [0.2, 0.25) is 0 Å². The number of hydrogen-bond donors (Lipinski definition) is 2. The zero-order valence-corrected chi connectivity index (χ0v) is 10.4.